The number of rotatable bonds is 7. The predicted octanol–water partition coefficient (Wildman–Crippen LogP) is 5.48. The van der Waals surface area contributed by atoms with Gasteiger partial charge in [0.15, 0.2) is 0 Å². The van der Waals surface area contributed by atoms with Crippen molar-refractivity contribution in [2.75, 3.05) is 6.54 Å². The van der Waals surface area contributed by atoms with E-state index in [2.05, 4.69) is 18.3 Å². The third kappa shape index (κ3) is 4.95. The highest BCUT2D eigenvalue weighted by atomic mass is 35.5. The van der Waals surface area contributed by atoms with Gasteiger partial charge in [-0.15, -0.1) is 0 Å². The lowest BCUT2D eigenvalue weighted by molar-refractivity contribution is 0.385. The molecule has 1 atom stereocenters. The fourth-order valence-corrected chi connectivity index (χ4v) is 3.51. The van der Waals surface area contributed by atoms with Crippen LogP contribution in [0.3, 0.4) is 0 Å². The zero-order valence-electron chi connectivity index (χ0n) is 12.3. The molecule has 1 saturated carbocycles. The Morgan fingerprint density at radius 3 is 2.60 bits per heavy atom. The first-order valence-corrected chi connectivity index (χ1v) is 8.62. The molecule has 1 nitrogen and oxygen atoms in total. The third-order valence-corrected chi connectivity index (χ3v) is 4.98. The van der Waals surface area contributed by atoms with Crippen molar-refractivity contribution in [2.45, 2.75) is 57.9 Å². The summed E-state index contributed by atoms with van der Waals surface area (Å²) in [6.07, 6.45) is 9.17. The second kappa shape index (κ2) is 8.26. The van der Waals surface area contributed by atoms with Gasteiger partial charge in [-0.25, -0.2) is 0 Å². The molecule has 1 N–H and O–H groups in total. The summed E-state index contributed by atoms with van der Waals surface area (Å²) >= 11 is 12.1. The van der Waals surface area contributed by atoms with Crippen LogP contribution in [0.2, 0.25) is 10.0 Å². The molecule has 1 aliphatic rings. The van der Waals surface area contributed by atoms with Crippen molar-refractivity contribution >= 4 is 23.2 Å². The Labute approximate surface area is 133 Å². The van der Waals surface area contributed by atoms with E-state index in [-0.39, 0.29) is 0 Å². The van der Waals surface area contributed by atoms with Gasteiger partial charge in [-0.05, 0) is 49.4 Å². The second-order valence-corrected chi connectivity index (χ2v) is 6.80. The lowest BCUT2D eigenvalue weighted by Gasteiger charge is -2.22. The van der Waals surface area contributed by atoms with Gasteiger partial charge in [0.05, 0.1) is 10.0 Å². The molecule has 0 heterocycles. The summed E-state index contributed by atoms with van der Waals surface area (Å²) in [5.41, 5.74) is 1.28. The highest BCUT2D eigenvalue weighted by molar-refractivity contribution is 6.42. The third-order valence-electron chi connectivity index (χ3n) is 4.24. The SMILES string of the molecule is CCCNC(Cc1ccc(Cl)c(Cl)c1)CC1CCCC1. The second-order valence-electron chi connectivity index (χ2n) is 5.99. The number of hydrogen-bond acceptors (Lipinski definition) is 1. The molecule has 0 aliphatic heterocycles. The van der Waals surface area contributed by atoms with Gasteiger partial charge in [-0.3, -0.25) is 0 Å². The molecule has 0 spiro atoms. The number of benzene rings is 1. The Hall–Kier alpha value is -0.240. The van der Waals surface area contributed by atoms with E-state index in [1.54, 1.807) is 0 Å². The van der Waals surface area contributed by atoms with Crippen LogP contribution in [0.25, 0.3) is 0 Å². The maximum Gasteiger partial charge on any atom is 0.0595 e. The monoisotopic (exact) mass is 313 g/mol. The Balaban J connectivity index is 1.95. The average Bonchev–Trinajstić information content (AvgIpc) is 2.93. The molecule has 1 aromatic carbocycles. The summed E-state index contributed by atoms with van der Waals surface area (Å²) in [7, 11) is 0. The van der Waals surface area contributed by atoms with Crippen LogP contribution >= 0.6 is 23.2 Å². The first-order valence-electron chi connectivity index (χ1n) is 7.86. The molecule has 1 aliphatic carbocycles. The summed E-state index contributed by atoms with van der Waals surface area (Å²) in [5.74, 6) is 0.909. The van der Waals surface area contributed by atoms with Crippen LogP contribution in [0.1, 0.15) is 51.0 Å². The highest BCUT2D eigenvalue weighted by Crippen LogP contribution is 2.30. The maximum absolute atomic E-state index is 6.12. The Bertz CT molecular complexity index is 413. The van der Waals surface area contributed by atoms with Crippen molar-refractivity contribution < 1.29 is 0 Å². The molecular weight excluding hydrogens is 289 g/mol. The van der Waals surface area contributed by atoms with Crippen molar-refractivity contribution in [2.24, 2.45) is 5.92 Å². The van der Waals surface area contributed by atoms with Crippen molar-refractivity contribution in [1.29, 1.82) is 0 Å². The molecule has 112 valence electrons. The molecule has 3 heteroatoms. The minimum Gasteiger partial charge on any atom is -0.314 e. The van der Waals surface area contributed by atoms with Crippen LogP contribution in [-0.2, 0) is 6.42 Å². The largest absolute Gasteiger partial charge is 0.314 e. The molecule has 20 heavy (non-hydrogen) atoms. The van der Waals surface area contributed by atoms with E-state index < -0.39 is 0 Å². The van der Waals surface area contributed by atoms with Gasteiger partial charge in [0.25, 0.3) is 0 Å². The average molecular weight is 314 g/mol. The van der Waals surface area contributed by atoms with E-state index in [0.717, 1.165) is 18.9 Å². The molecule has 0 bridgehead atoms. The Morgan fingerprint density at radius 1 is 1.20 bits per heavy atom. The van der Waals surface area contributed by atoms with E-state index in [1.807, 2.05) is 12.1 Å². The summed E-state index contributed by atoms with van der Waals surface area (Å²) in [6, 6.07) is 6.59. The molecule has 0 saturated heterocycles. The van der Waals surface area contributed by atoms with Crippen molar-refractivity contribution in [3.63, 3.8) is 0 Å². The number of nitrogens with one attached hydrogen (secondary N) is 1. The number of hydrogen-bond donors (Lipinski definition) is 1. The van der Waals surface area contributed by atoms with E-state index in [0.29, 0.717) is 16.1 Å². The normalized spacial score (nSPS) is 17.6. The molecule has 1 aromatic rings. The smallest absolute Gasteiger partial charge is 0.0595 e. The first-order chi connectivity index (χ1) is 9.69. The van der Waals surface area contributed by atoms with Gasteiger partial charge < -0.3 is 5.32 Å². The summed E-state index contributed by atoms with van der Waals surface area (Å²) < 4.78 is 0. The summed E-state index contributed by atoms with van der Waals surface area (Å²) in [5, 5.41) is 5.01. The first kappa shape index (κ1) is 16.1. The minimum atomic E-state index is 0.565. The minimum absolute atomic E-state index is 0.565. The van der Waals surface area contributed by atoms with Crippen molar-refractivity contribution in [1.82, 2.24) is 5.32 Å². The lowest BCUT2D eigenvalue weighted by atomic mass is 9.94. The quantitative estimate of drug-likeness (QED) is 0.702. The standard InChI is InChI=1S/C17H25Cl2N/c1-2-9-20-15(10-13-5-3-4-6-13)11-14-7-8-16(18)17(19)12-14/h7-8,12-13,15,20H,2-6,9-11H2,1H3. The zero-order valence-corrected chi connectivity index (χ0v) is 13.8. The maximum atomic E-state index is 6.12. The van der Waals surface area contributed by atoms with Gasteiger partial charge in [-0.2, -0.15) is 0 Å². The van der Waals surface area contributed by atoms with Crippen LogP contribution in [0.5, 0.6) is 0 Å². The molecule has 1 unspecified atom stereocenters. The van der Waals surface area contributed by atoms with Gasteiger partial charge in [0.1, 0.15) is 0 Å². The molecule has 2 rings (SSSR count). The highest BCUT2D eigenvalue weighted by Gasteiger charge is 2.20. The number of halogens is 2. The Kier molecular flexibility index (Phi) is 6.67. The molecule has 0 amide bonds. The summed E-state index contributed by atoms with van der Waals surface area (Å²) in [4.78, 5) is 0. The molecule has 0 aromatic heterocycles. The van der Waals surface area contributed by atoms with Gasteiger partial charge in [0.2, 0.25) is 0 Å². The van der Waals surface area contributed by atoms with Crippen LogP contribution in [-0.4, -0.2) is 12.6 Å². The van der Waals surface area contributed by atoms with Crippen molar-refractivity contribution in [3.8, 4) is 0 Å². The molecular formula is C17H25Cl2N. The lowest BCUT2D eigenvalue weighted by Crippen LogP contribution is -2.33. The fraction of sp³-hybridized carbons (Fsp3) is 0.647. The topological polar surface area (TPSA) is 12.0 Å². The van der Waals surface area contributed by atoms with E-state index >= 15 is 0 Å². The van der Waals surface area contributed by atoms with Crippen LogP contribution in [0.15, 0.2) is 18.2 Å². The van der Waals surface area contributed by atoms with Gasteiger partial charge in [0, 0.05) is 6.04 Å². The van der Waals surface area contributed by atoms with Crippen LogP contribution in [0.4, 0.5) is 0 Å². The van der Waals surface area contributed by atoms with E-state index in [4.69, 9.17) is 23.2 Å². The Morgan fingerprint density at radius 2 is 1.95 bits per heavy atom. The molecule has 1 fully saturated rings. The van der Waals surface area contributed by atoms with Crippen molar-refractivity contribution in [3.05, 3.63) is 33.8 Å². The predicted molar refractivity (Wildman–Crippen MR) is 88.8 cm³/mol. The fourth-order valence-electron chi connectivity index (χ4n) is 3.19. The van der Waals surface area contributed by atoms with Gasteiger partial charge in [-0.1, -0.05) is 61.9 Å². The zero-order chi connectivity index (χ0) is 14.4. The van der Waals surface area contributed by atoms with Gasteiger partial charge >= 0.3 is 0 Å². The molecule has 0 radical (unpaired) electrons. The van der Waals surface area contributed by atoms with Crippen LogP contribution < -0.4 is 5.32 Å². The van der Waals surface area contributed by atoms with E-state index in [9.17, 15) is 0 Å². The summed E-state index contributed by atoms with van der Waals surface area (Å²) in [6.45, 7) is 3.32. The van der Waals surface area contributed by atoms with Crippen LogP contribution in [0, 0.1) is 5.92 Å². The van der Waals surface area contributed by atoms with E-state index in [1.165, 1.54) is 44.1 Å².